The predicted octanol–water partition coefficient (Wildman–Crippen LogP) is 2.48. The molecule has 1 atom stereocenters. The molecular formula is C16H26N2O. The second-order valence-corrected chi connectivity index (χ2v) is 5.38. The Balaban J connectivity index is 1.83. The van der Waals surface area contributed by atoms with Crippen molar-refractivity contribution in [3.63, 3.8) is 0 Å². The third-order valence-corrected chi connectivity index (χ3v) is 3.71. The van der Waals surface area contributed by atoms with Crippen LogP contribution in [-0.4, -0.2) is 44.7 Å². The molecule has 1 aliphatic rings. The van der Waals surface area contributed by atoms with Gasteiger partial charge in [0.2, 0.25) is 0 Å². The van der Waals surface area contributed by atoms with Crippen LogP contribution in [0.1, 0.15) is 31.2 Å². The summed E-state index contributed by atoms with van der Waals surface area (Å²) in [5.41, 5.74) is 1.38. The molecule has 106 valence electrons. The van der Waals surface area contributed by atoms with E-state index in [1.807, 2.05) is 0 Å². The second-order valence-electron chi connectivity index (χ2n) is 5.38. The van der Waals surface area contributed by atoms with Crippen molar-refractivity contribution >= 4 is 0 Å². The van der Waals surface area contributed by atoms with E-state index in [2.05, 4.69) is 48.5 Å². The summed E-state index contributed by atoms with van der Waals surface area (Å²) in [5, 5.41) is 3.46. The summed E-state index contributed by atoms with van der Waals surface area (Å²) in [6.07, 6.45) is 2.33. The molecule has 0 saturated carbocycles. The molecule has 0 aromatic heterocycles. The molecule has 3 heteroatoms. The molecule has 2 rings (SSSR count). The van der Waals surface area contributed by atoms with E-state index in [-0.39, 0.29) is 0 Å². The molecule has 1 N–H and O–H groups in total. The molecule has 0 fully saturated rings. The van der Waals surface area contributed by atoms with Gasteiger partial charge in [0.1, 0.15) is 5.75 Å². The number of hydrogen-bond acceptors (Lipinski definition) is 3. The maximum absolute atomic E-state index is 5.72. The topological polar surface area (TPSA) is 24.5 Å². The highest BCUT2D eigenvalue weighted by Crippen LogP contribution is 2.33. The summed E-state index contributed by atoms with van der Waals surface area (Å²) in [7, 11) is 2.21. The molecule has 0 bridgehead atoms. The van der Waals surface area contributed by atoms with Crippen LogP contribution in [0.25, 0.3) is 0 Å². The Morgan fingerprint density at radius 1 is 1.32 bits per heavy atom. The molecule has 1 unspecified atom stereocenters. The van der Waals surface area contributed by atoms with Crippen molar-refractivity contribution in [2.45, 2.75) is 25.7 Å². The normalized spacial score (nSPS) is 18.2. The van der Waals surface area contributed by atoms with Crippen molar-refractivity contribution in [1.29, 1.82) is 0 Å². The lowest BCUT2D eigenvalue weighted by Gasteiger charge is -2.29. The summed E-state index contributed by atoms with van der Waals surface area (Å²) in [6.45, 7) is 7.48. The smallest absolute Gasteiger partial charge is 0.122 e. The zero-order valence-corrected chi connectivity index (χ0v) is 12.2. The van der Waals surface area contributed by atoms with E-state index in [9.17, 15) is 0 Å². The van der Waals surface area contributed by atoms with Crippen molar-refractivity contribution in [2.75, 3.05) is 39.8 Å². The molecule has 0 radical (unpaired) electrons. The fraction of sp³-hybridized carbons (Fsp3) is 0.625. The molecule has 0 saturated heterocycles. The van der Waals surface area contributed by atoms with Gasteiger partial charge in [-0.2, -0.15) is 0 Å². The lowest BCUT2D eigenvalue weighted by Crippen LogP contribution is -2.33. The van der Waals surface area contributed by atoms with Gasteiger partial charge in [-0.15, -0.1) is 0 Å². The molecule has 1 aliphatic heterocycles. The SMILES string of the molecule is CCCNCCN(C)CC1CCOc2ccccc21. The first kappa shape index (κ1) is 14.4. The number of benzene rings is 1. The van der Waals surface area contributed by atoms with Crippen LogP contribution in [0, 0.1) is 0 Å². The number of nitrogens with zero attached hydrogens (tertiary/aromatic N) is 1. The van der Waals surface area contributed by atoms with Crippen molar-refractivity contribution in [1.82, 2.24) is 10.2 Å². The second kappa shape index (κ2) is 7.51. The average Bonchev–Trinajstić information content (AvgIpc) is 2.44. The summed E-state index contributed by atoms with van der Waals surface area (Å²) >= 11 is 0. The van der Waals surface area contributed by atoms with Crippen LogP contribution in [0.2, 0.25) is 0 Å². The van der Waals surface area contributed by atoms with E-state index in [1.165, 1.54) is 12.0 Å². The highest BCUT2D eigenvalue weighted by molar-refractivity contribution is 5.37. The fourth-order valence-electron chi connectivity index (χ4n) is 2.64. The molecule has 3 nitrogen and oxygen atoms in total. The minimum atomic E-state index is 0.612. The highest BCUT2D eigenvalue weighted by Gasteiger charge is 2.21. The summed E-state index contributed by atoms with van der Waals surface area (Å²) in [5.74, 6) is 1.69. The maximum atomic E-state index is 5.72. The van der Waals surface area contributed by atoms with Gasteiger partial charge in [0.15, 0.2) is 0 Å². The number of para-hydroxylation sites is 1. The minimum Gasteiger partial charge on any atom is -0.493 e. The first-order valence-corrected chi connectivity index (χ1v) is 7.42. The van der Waals surface area contributed by atoms with Crippen LogP contribution in [-0.2, 0) is 0 Å². The largest absolute Gasteiger partial charge is 0.493 e. The summed E-state index contributed by atoms with van der Waals surface area (Å²) in [6, 6.07) is 8.47. The molecular weight excluding hydrogens is 236 g/mol. The summed E-state index contributed by atoms with van der Waals surface area (Å²) in [4.78, 5) is 2.43. The Morgan fingerprint density at radius 3 is 3.00 bits per heavy atom. The first-order chi connectivity index (χ1) is 9.31. The molecule has 0 amide bonds. The van der Waals surface area contributed by atoms with E-state index in [0.29, 0.717) is 5.92 Å². The standard InChI is InChI=1S/C16H26N2O/c1-3-9-17-10-11-18(2)13-14-8-12-19-16-7-5-4-6-15(14)16/h4-7,14,17H,3,8-13H2,1-2H3. The van der Waals surface area contributed by atoms with Crippen LogP contribution in [0.5, 0.6) is 5.75 Å². The fourth-order valence-corrected chi connectivity index (χ4v) is 2.64. The lowest BCUT2D eigenvalue weighted by atomic mass is 9.93. The van der Waals surface area contributed by atoms with Crippen LogP contribution in [0.15, 0.2) is 24.3 Å². The minimum absolute atomic E-state index is 0.612. The molecule has 1 aromatic rings. The van der Waals surface area contributed by atoms with Crippen molar-refractivity contribution in [3.8, 4) is 5.75 Å². The highest BCUT2D eigenvalue weighted by atomic mass is 16.5. The van der Waals surface area contributed by atoms with Crippen molar-refractivity contribution in [3.05, 3.63) is 29.8 Å². The zero-order valence-electron chi connectivity index (χ0n) is 12.2. The average molecular weight is 262 g/mol. The Hall–Kier alpha value is -1.06. The van der Waals surface area contributed by atoms with Gasteiger partial charge in [-0.1, -0.05) is 25.1 Å². The van der Waals surface area contributed by atoms with Gasteiger partial charge < -0.3 is 15.0 Å². The number of rotatable bonds is 7. The summed E-state index contributed by atoms with van der Waals surface area (Å²) < 4.78 is 5.72. The predicted molar refractivity (Wildman–Crippen MR) is 80.0 cm³/mol. The van der Waals surface area contributed by atoms with Gasteiger partial charge >= 0.3 is 0 Å². The number of ether oxygens (including phenoxy) is 1. The quantitative estimate of drug-likeness (QED) is 0.764. The molecule has 0 spiro atoms. The van der Waals surface area contributed by atoms with E-state index in [1.54, 1.807) is 0 Å². The Labute approximate surface area is 116 Å². The van der Waals surface area contributed by atoms with Gasteiger partial charge in [0, 0.05) is 25.6 Å². The Kier molecular flexibility index (Phi) is 5.67. The number of hydrogen-bond donors (Lipinski definition) is 1. The molecule has 19 heavy (non-hydrogen) atoms. The number of likely N-dealkylation sites (N-methyl/N-ethyl adjacent to an activating group) is 1. The van der Waals surface area contributed by atoms with E-state index >= 15 is 0 Å². The van der Waals surface area contributed by atoms with Gasteiger partial charge in [-0.3, -0.25) is 0 Å². The zero-order chi connectivity index (χ0) is 13.5. The van der Waals surface area contributed by atoms with E-state index in [0.717, 1.165) is 45.0 Å². The third-order valence-electron chi connectivity index (χ3n) is 3.71. The van der Waals surface area contributed by atoms with Crippen LogP contribution >= 0.6 is 0 Å². The van der Waals surface area contributed by atoms with Crippen molar-refractivity contribution in [2.24, 2.45) is 0 Å². The number of nitrogens with one attached hydrogen (secondary N) is 1. The monoisotopic (exact) mass is 262 g/mol. The first-order valence-electron chi connectivity index (χ1n) is 7.42. The van der Waals surface area contributed by atoms with E-state index in [4.69, 9.17) is 4.74 Å². The van der Waals surface area contributed by atoms with Crippen LogP contribution in [0.3, 0.4) is 0 Å². The van der Waals surface area contributed by atoms with Crippen molar-refractivity contribution < 1.29 is 4.74 Å². The van der Waals surface area contributed by atoms with Gasteiger partial charge in [-0.25, -0.2) is 0 Å². The van der Waals surface area contributed by atoms with Crippen LogP contribution < -0.4 is 10.1 Å². The van der Waals surface area contributed by atoms with Gasteiger partial charge in [0.25, 0.3) is 0 Å². The Morgan fingerprint density at radius 2 is 2.16 bits per heavy atom. The Bertz CT molecular complexity index is 381. The lowest BCUT2D eigenvalue weighted by molar-refractivity contribution is 0.232. The molecule has 0 aliphatic carbocycles. The molecule has 1 aromatic carbocycles. The molecule has 1 heterocycles. The van der Waals surface area contributed by atoms with E-state index < -0.39 is 0 Å². The maximum Gasteiger partial charge on any atom is 0.122 e. The third kappa shape index (κ3) is 4.22. The van der Waals surface area contributed by atoms with Gasteiger partial charge in [-0.05, 0) is 38.1 Å². The number of fused-ring (bicyclic) bond motifs is 1. The van der Waals surface area contributed by atoms with Crippen LogP contribution in [0.4, 0.5) is 0 Å². The van der Waals surface area contributed by atoms with Gasteiger partial charge in [0.05, 0.1) is 6.61 Å².